The molecule has 122 valence electrons. The molecule has 0 aliphatic rings. The minimum atomic E-state index is -4.16. The van der Waals surface area contributed by atoms with Crippen molar-refractivity contribution in [3.63, 3.8) is 0 Å². The van der Waals surface area contributed by atoms with Crippen LogP contribution in [0.15, 0.2) is 0 Å². The topological polar surface area (TPSA) is 102 Å². The third kappa shape index (κ3) is 5.73. The van der Waals surface area contributed by atoms with E-state index in [0.29, 0.717) is 0 Å². The second kappa shape index (κ2) is 7.69. The van der Waals surface area contributed by atoms with Crippen molar-refractivity contribution < 1.29 is 25.3 Å². The van der Waals surface area contributed by atoms with Crippen molar-refractivity contribution in [3.05, 3.63) is 0 Å². The highest BCUT2D eigenvalue weighted by molar-refractivity contribution is 7.98. The summed E-state index contributed by atoms with van der Waals surface area (Å²) < 4.78 is 71.8. The van der Waals surface area contributed by atoms with Gasteiger partial charge < -0.3 is 0 Å². The average Bonchev–Trinajstić information content (AvgIpc) is 2.34. The maximum absolute atomic E-state index is 12.1. The fraction of sp³-hybridized carbons (Fsp3) is 0.538. The predicted molar refractivity (Wildman–Crippen MR) is 86.0 cm³/mol. The van der Waals surface area contributed by atoms with Crippen molar-refractivity contribution in [1.29, 1.82) is 0 Å². The Morgan fingerprint density at radius 2 is 1.18 bits per heavy atom. The molecule has 0 spiro atoms. The van der Waals surface area contributed by atoms with E-state index < -0.39 is 63.0 Å². The van der Waals surface area contributed by atoms with Crippen LogP contribution in [0, 0.1) is 37.0 Å². The molecule has 0 saturated heterocycles. The lowest BCUT2D eigenvalue weighted by Crippen LogP contribution is -2.44. The van der Waals surface area contributed by atoms with E-state index in [4.69, 9.17) is 19.3 Å². The first-order valence-electron chi connectivity index (χ1n) is 5.87. The standard InChI is InChI=1S/C13H16O6S3/c1-5-8-20(14,15)11-13(22(18,19)10-7-3)12(4)21(16,17)9-6-2/h1-3,12-13H,8-11H2,4H3. The molecule has 9 heteroatoms. The van der Waals surface area contributed by atoms with Crippen LogP contribution in [0.5, 0.6) is 0 Å². The molecule has 0 N–H and O–H groups in total. The monoisotopic (exact) mass is 364 g/mol. The van der Waals surface area contributed by atoms with Gasteiger partial charge in [0.25, 0.3) is 0 Å². The molecule has 0 fully saturated rings. The average molecular weight is 364 g/mol. The Balaban J connectivity index is 5.93. The van der Waals surface area contributed by atoms with Gasteiger partial charge in [-0.1, -0.05) is 17.8 Å². The van der Waals surface area contributed by atoms with Gasteiger partial charge in [-0.15, -0.1) is 19.3 Å². The zero-order valence-corrected chi connectivity index (χ0v) is 14.3. The van der Waals surface area contributed by atoms with E-state index in [-0.39, 0.29) is 0 Å². The first-order valence-corrected chi connectivity index (χ1v) is 11.1. The van der Waals surface area contributed by atoms with Crippen molar-refractivity contribution in [2.75, 3.05) is 23.0 Å². The minimum absolute atomic E-state index is 0.697. The molecule has 22 heavy (non-hydrogen) atoms. The fourth-order valence-electron chi connectivity index (χ4n) is 1.67. The zero-order chi connectivity index (χ0) is 17.6. The van der Waals surface area contributed by atoms with Crippen LogP contribution in [0.4, 0.5) is 0 Å². The maximum atomic E-state index is 12.1. The summed E-state index contributed by atoms with van der Waals surface area (Å²) in [7, 11) is -12.1. The molecule has 0 radical (unpaired) electrons. The third-order valence-electron chi connectivity index (χ3n) is 2.84. The van der Waals surface area contributed by atoms with E-state index >= 15 is 0 Å². The zero-order valence-electron chi connectivity index (χ0n) is 11.9. The van der Waals surface area contributed by atoms with Crippen LogP contribution in [0.25, 0.3) is 0 Å². The van der Waals surface area contributed by atoms with Gasteiger partial charge in [0.2, 0.25) is 0 Å². The number of hydrogen-bond acceptors (Lipinski definition) is 6. The van der Waals surface area contributed by atoms with Gasteiger partial charge in [-0.05, 0) is 6.92 Å². The second-order valence-electron chi connectivity index (χ2n) is 4.52. The molecule has 0 aliphatic heterocycles. The van der Waals surface area contributed by atoms with Gasteiger partial charge in [-0.25, -0.2) is 25.3 Å². The summed E-state index contributed by atoms with van der Waals surface area (Å²) in [6.45, 7) is 1.09. The van der Waals surface area contributed by atoms with Crippen LogP contribution < -0.4 is 0 Å². The third-order valence-corrected chi connectivity index (χ3v) is 8.80. The Hall–Kier alpha value is -1.47. The molecule has 0 saturated carbocycles. The molecule has 0 rings (SSSR count). The fourth-order valence-corrected chi connectivity index (χ4v) is 7.50. The smallest absolute Gasteiger partial charge is 0.166 e. The van der Waals surface area contributed by atoms with Gasteiger partial charge in [0.1, 0.15) is 17.3 Å². The van der Waals surface area contributed by atoms with E-state index in [9.17, 15) is 25.3 Å². The van der Waals surface area contributed by atoms with E-state index in [0.717, 1.165) is 6.92 Å². The molecule has 0 aliphatic carbocycles. The van der Waals surface area contributed by atoms with E-state index in [2.05, 4.69) is 0 Å². The summed E-state index contributed by atoms with van der Waals surface area (Å²) >= 11 is 0. The Kier molecular flexibility index (Phi) is 7.18. The summed E-state index contributed by atoms with van der Waals surface area (Å²) in [6, 6.07) is 0. The Morgan fingerprint density at radius 1 is 0.773 bits per heavy atom. The summed E-state index contributed by atoms with van der Waals surface area (Å²) in [5, 5.41) is -3.24. The van der Waals surface area contributed by atoms with Crippen LogP contribution in [0.2, 0.25) is 0 Å². The van der Waals surface area contributed by atoms with Gasteiger partial charge >= 0.3 is 0 Å². The van der Waals surface area contributed by atoms with Crippen molar-refractivity contribution in [2.45, 2.75) is 17.4 Å². The lowest BCUT2D eigenvalue weighted by Gasteiger charge is -2.22. The van der Waals surface area contributed by atoms with E-state index in [1.165, 1.54) is 0 Å². The first-order chi connectivity index (χ1) is 9.93. The van der Waals surface area contributed by atoms with E-state index in [1.54, 1.807) is 0 Å². The van der Waals surface area contributed by atoms with Gasteiger partial charge in [0, 0.05) is 0 Å². The molecular formula is C13H16O6S3. The van der Waals surface area contributed by atoms with Crippen molar-refractivity contribution in [2.24, 2.45) is 0 Å². The Morgan fingerprint density at radius 3 is 1.59 bits per heavy atom. The number of hydrogen-bond donors (Lipinski definition) is 0. The highest BCUT2D eigenvalue weighted by Crippen LogP contribution is 2.18. The van der Waals surface area contributed by atoms with Gasteiger partial charge in [0.15, 0.2) is 29.5 Å². The summed E-state index contributed by atoms with van der Waals surface area (Å²) in [4.78, 5) is 0. The Labute approximate surface area is 132 Å². The second-order valence-corrected chi connectivity index (χ2v) is 11.2. The molecule has 2 atom stereocenters. The molecule has 6 nitrogen and oxygen atoms in total. The predicted octanol–water partition coefficient (Wildman–Crippen LogP) is -1.11. The molecule has 0 aromatic carbocycles. The molecule has 2 unspecified atom stereocenters. The van der Waals surface area contributed by atoms with Crippen LogP contribution in [0.3, 0.4) is 0 Å². The molecule has 0 bridgehead atoms. The number of rotatable bonds is 8. The summed E-state index contributed by atoms with van der Waals surface area (Å²) in [5.74, 6) is 2.59. The van der Waals surface area contributed by atoms with Crippen LogP contribution >= 0.6 is 0 Å². The molecule has 0 aromatic rings. The Bertz CT molecular complexity index is 827. The highest BCUT2D eigenvalue weighted by Gasteiger charge is 2.40. The lowest BCUT2D eigenvalue weighted by molar-refractivity contribution is 0.560. The van der Waals surface area contributed by atoms with Crippen LogP contribution in [-0.2, 0) is 29.5 Å². The van der Waals surface area contributed by atoms with Crippen LogP contribution in [-0.4, -0.2) is 58.8 Å². The molecule has 0 amide bonds. The van der Waals surface area contributed by atoms with Crippen molar-refractivity contribution >= 4 is 29.5 Å². The number of terminal acetylenes is 3. The summed E-state index contributed by atoms with van der Waals surface area (Å²) in [5.41, 5.74) is 0. The van der Waals surface area contributed by atoms with Crippen LogP contribution in [0.1, 0.15) is 6.92 Å². The van der Waals surface area contributed by atoms with Gasteiger partial charge in [0.05, 0.1) is 16.3 Å². The van der Waals surface area contributed by atoms with Crippen molar-refractivity contribution in [1.82, 2.24) is 0 Å². The molecular weight excluding hydrogens is 348 g/mol. The van der Waals surface area contributed by atoms with E-state index in [1.807, 2.05) is 17.8 Å². The quantitative estimate of drug-likeness (QED) is 0.506. The lowest BCUT2D eigenvalue weighted by atomic mass is 10.4. The molecule has 0 aromatic heterocycles. The summed E-state index contributed by atoms with van der Waals surface area (Å²) in [6.07, 6.45) is 14.8. The SMILES string of the molecule is C#CCS(=O)(=O)CC(C(C)S(=O)(=O)CC#C)S(=O)(=O)CC#C. The largest absolute Gasteiger partial charge is 0.228 e. The maximum Gasteiger partial charge on any atom is 0.166 e. The van der Waals surface area contributed by atoms with Crippen molar-refractivity contribution in [3.8, 4) is 37.0 Å². The normalized spacial score (nSPS) is 15.0. The molecule has 0 heterocycles. The number of sulfone groups is 3. The highest BCUT2D eigenvalue weighted by atomic mass is 32.2. The van der Waals surface area contributed by atoms with Gasteiger partial charge in [-0.3, -0.25) is 0 Å². The minimum Gasteiger partial charge on any atom is -0.228 e. The van der Waals surface area contributed by atoms with Gasteiger partial charge in [-0.2, -0.15) is 0 Å². The first kappa shape index (κ1) is 20.5.